The number of hydrogen-bond acceptors (Lipinski definition) is 6. The van der Waals surface area contributed by atoms with Gasteiger partial charge in [0.15, 0.2) is 5.78 Å². The van der Waals surface area contributed by atoms with Crippen LogP contribution in [0.1, 0.15) is 40.4 Å². The van der Waals surface area contributed by atoms with Gasteiger partial charge in [0.2, 0.25) is 0 Å². The van der Waals surface area contributed by atoms with Crippen molar-refractivity contribution in [3.63, 3.8) is 0 Å². The highest BCUT2D eigenvalue weighted by Crippen LogP contribution is 2.50. The van der Waals surface area contributed by atoms with Gasteiger partial charge in [-0.15, -0.1) is 0 Å². The minimum atomic E-state index is -0.666. The number of fused-ring (bicyclic) bond motifs is 3. The summed E-state index contributed by atoms with van der Waals surface area (Å²) in [4.78, 5) is 40.6. The lowest BCUT2D eigenvalue weighted by Gasteiger charge is -2.26. The largest absolute Gasteiger partial charge is 0.433 e. The summed E-state index contributed by atoms with van der Waals surface area (Å²) in [6.07, 6.45) is 0.898. The van der Waals surface area contributed by atoms with Crippen LogP contribution in [0.25, 0.3) is 5.70 Å². The first-order valence-corrected chi connectivity index (χ1v) is 8.29. The van der Waals surface area contributed by atoms with E-state index >= 15 is 0 Å². The van der Waals surface area contributed by atoms with Crippen molar-refractivity contribution in [1.82, 2.24) is 0 Å². The topological polar surface area (TPSA) is 103 Å². The van der Waals surface area contributed by atoms with Crippen LogP contribution in [0.5, 0.6) is 0 Å². The van der Waals surface area contributed by atoms with Gasteiger partial charge in [0.05, 0.1) is 23.6 Å². The predicted molar refractivity (Wildman–Crippen MR) is 91.0 cm³/mol. The summed E-state index contributed by atoms with van der Waals surface area (Å²) in [5.74, 6) is -1.60. The van der Waals surface area contributed by atoms with Crippen LogP contribution in [-0.2, 0) is 4.79 Å². The summed E-state index contributed by atoms with van der Waals surface area (Å²) in [6.45, 7) is 0. The molecule has 128 valence electrons. The van der Waals surface area contributed by atoms with Crippen molar-refractivity contribution in [2.45, 2.75) is 18.8 Å². The second-order valence-corrected chi connectivity index (χ2v) is 6.59. The average molecular weight is 348 g/mol. The Morgan fingerprint density at radius 1 is 1.04 bits per heavy atom. The molecule has 1 aromatic heterocycles. The van der Waals surface area contributed by atoms with E-state index in [0.717, 1.165) is 11.3 Å². The molecule has 0 amide bonds. The maximum Gasteiger partial charge on any atom is 0.433 e. The van der Waals surface area contributed by atoms with Crippen LogP contribution in [0.2, 0.25) is 0 Å². The highest BCUT2D eigenvalue weighted by atomic mass is 16.6. The number of ketones is 2. The van der Waals surface area contributed by atoms with Crippen molar-refractivity contribution < 1.29 is 18.9 Å². The molecule has 0 saturated heterocycles. The monoisotopic (exact) mass is 348 g/mol. The molecule has 0 bridgehead atoms. The van der Waals surface area contributed by atoms with E-state index in [1.807, 2.05) is 12.1 Å². The summed E-state index contributed by atoms with van der Waals surface area (Å²) < 4.78 is 5.40. The number of hydrogen-bond donors (Lipinski definition) is 0. The van der Waals surface area contributed by atoms with E-state index in [1.165, 1.54) is 12.1 Å². The fourth-order valence-corrected chi connectivity index (χ4v) is 4.17. The van der Waals surface area contributed by atoms with E-state index in [1.54, 1.807) is 12.1 Å². The lowest BCUT2D eigenvalue weighted by molar-refractivity contribution is -0.402. The number of rotatable bonds is 2. The number of carbonyl (C=O) groups excluding carboxylic acids is 2. The summed E-state index contributed by atoms with van der Waals surface area (Å²) in [5.41, 5.74) is 2.97. The Bertz CT molecular complexity index is 1080. The van der Waals surface area contributed by atoms with Crippen molar-refractivity contribution in [1.29, 1.82) is 0 Å². The first-order valence-electron chi connectivity index (χ1n) is 8.29. The lowest BCUT2D eigenvalue weighted by atomic mass is 9.78. The molecule has 2 heterocycles. The van der Waals surface area contributed by atoms with E-state index in [0.29, 0.717) is 29.7 Å². The van der Waals surface area contributed by atoms with E-state index in [-0.39, 0.29) is 17.3 Å². The molecule has 2 aliphatic carbocycles. The molecule has 1 saturated carbocycles. The SMILES string of the molecule is O=C1C2=C(N=C3CCC(=O)C3C2c2ccc([N+](=O)[O-])o2)c2ccccc21. The Morgan fingerprint density at radius 3 is 2.54 bits per heavy atom. The maximum atomic E-state index is 13.0. The maximum absolute atomic E-state index is 13.0. The molecule has 2 atom stereocenters. The van der Waals surface area contributed by atoms with E-state index in [9.17, 15) is 19.7 Å². The van der Waals surface area contributed by atoms with Crippen LogP contribution in [-0.4, -0.2) is 22.2 Å². The molecule has 0 N–H and O–H groups in total. The molecular formula is C19H12N2O5. The number of nitro groups is 1. The van der Waals surface area contributed by atoms with E-state index in [2.05, 4.69) is 4.99 Å². The summed E-state index contributed by atoms with van der Waals surface area (Å²) in [6, 6.07) is 9.92. The molecule has 2 aromatic rings. The van der Waals surface area contributed by atoms with Crippen molar-refractivity contribution in [2.75, 3.05) is 0 Å². The van der Waals surface area contributed by atoms with Crippen molar-refractivity contribution in [2.24, 2.45) is 10.9 Å². The Kier molecular flexibility index (Phi) is 2.92. The van der Waals surface area contributed by atoms with Gasteiger partial charge in [-0.2, -0.15) is 0 Å². The van der Waals surface area contributed by atoms with Gasteiger partial charge in [-0.25, -0.2) is 0 Å². The number of Topliss-reactive ketones (excluding diaryl/α,β-unsaturated/α-hetero) is 2. The summed E-state index contributed by atoms with van der Waals surface area (Å²) in [7, 11) is 0. The van der Waals surface area contributed by atoms with Gasteiger partial charge in [-0.3, -0.25) is 24.7 Å². The third-order valence-electron chi connectivity index (χ3n) is 5.26. The first-order chi connectivity index (χ1) is 12.6. The normalized spacial score (nSPS) is 23.6. The predicted octanol–water partition coefficient (Wildman–Crippen LogP) is 3.31. The molecule has 1 fully saturated rings. The van der Waals surface area contributed by atoms with Crippen LogP contribution < -0.4 is 0 Å². The van der Waals surface area contributed by atoms with Crippen LogP contribution in [0.4, 0.5) is 5.88 Å². The van der Waals surface area contributed by atoms with Gasteiger partial charge in [-0.05, 0) is 12.5 Å². The van der Waals surface area contributed by atoms with Gasteiger partial charge in [0, 0.05) is 28.8 Å². The number of aliphatic imine (C=N–C) groups is 1. The smallest absolute Gasteiger partial charge is 0.405 e. The molecule has 5 rings (SSSR count). The Balaban J connectivity index is 1.74. The van der Waals surface area contributed by atoms with Gasteiger partial charge in [0.1, 0.15) is 16.5 Å². The van der Waals surface area contributed by atoms with E-state index in [4.69, 9.17) is 4.42 Å². The minimum Gasteiger partial charge on any atom is -0.405 e. The fourth-order valence-electron chi connectivity index (χ4n) is 4.17. The highest BCUT2D eigenvalue weighted by molar-refractivity contribution is 6.26. The average Bonchev–Trinajstić information content (AvgIpc) is 3.33. The first kappa shape index (κ1) is 14.9. The molecule has 3 aliphatic rings. The molecule has 0 radical (unpaired) electrons. The number of carbonyl (C=O) groups is 2. The molecule has 0 spiro atoms. The van der Waals surface area contributed by atoms with Crippen molar-refractivity contribution in [3.8, 4) is 0 Å². The van der Waals surface area contributed by atoms with Gasteiger partial charge in [-0.1, -0.05) is 24.3 Å². The number of furan rings is 1. The minimum absolute atomic E-state index is 0.0110. The summed E-state index contributed by atoms with van der Waals surface area (Å²) in [5, 5.41) is 11.0. The van der Waals surface area contributed by atoms with Crippen LogP contribution in [0.15, 0.2) is 51.4 Å². The molecular weight excluding hydrogens is 336 g/mol. The molecule has 1 aliphatic heterocycles. The molecule has 2 unspecified atom stereocenters. The standard InChI is InChI=1S/C19H12N2O5/c22-12-6-5-11-15(12)16(13-7-8-14(26-13)21(24)25)17-18(20-11)9-3-1-2-4-10(9)19(17)23/h1-4,7-8,15-16H,5-6H2. The number of allylic oxidation sites excluding steroid dienone is 1. The number of benzene rings is 1. The fraction of sp³-hybridized carbons (Fsp3) is 0.211. The second-order valence-electron chi connectivity index (χ2n) is 6.59. The molecule has 7 heteroatoms. The molecule has 26 heavy (non-hydrogen) atoms. The lowest BCUT2D eigenvalue weighted by Crippen LogP contribution is -2.29. The Hall–Kier alpha value is -3.35. The van der Waals surface area contributed by atoms with Crippen molar-refractivity contribution >= 4 is 28.9 Å². The number of nitrogens with zero attached hydrogens (tertiary/aromatic N) is 2. The zero-order valence-corrected chi connectivity index (χ0v) is 13.5. The van der Waals surface area contributed by atoms with Crippen LogP contribution in [0.3, 0.4) is 0 Å². The highest BCUT2D eigenvalue weighted by Gasteiger charge is 2.49. The zero-order chi connectivity index (χ0) is 18.0. The van der Waals surface area contributed by atoms with Crippen LogP contribution >= 0.6 is 0 Å². The Morgan fingerprint density at radius 2 is 1.81 bits per heavy atom. The summed E-state index contributed by atoms with van der Waals surface area (Å²) >= 11 is 0. The third-order valence-corrected chi connectivity index (χ3v) is 5.26. The molecule has 1 aromatic carbocycles. The third kappa shape index (κ3) is 1.85. The van der Waals surface area contributed by atoms with Crippen LogP contribution in [0, 0.1) is 16.0 Å². The Labute approximate surface area is 147 Å². The van der Waals surface area contributed by atoms with Gasteiger partial charge >= 0.3 is 5.88 Å². The quantitative estimate of drug-likeness (QED) is 0.612. The van der Waals surface area contributed by atoms with Gasteiger partial charge < -0.3 is 4.42 Å². The van der Waals surface area contributed by atoms with Crippen molar-refractivity contribution in [3.05, 3.63) is 69.0 Å². The second kappa shape index (κ2) is 5.08. The van der Waals surface area contributed by atoms with E-state index < -0.39 is 22.6 Å². The zero-order valence-electron chi connectivity index (χ0n) is 13.5. The molecule has 7 nitrogen and oxygen atoms in total. The van der Waals surface area contributed by atoms with Gasteiger partial charge in [0.25, 0.3) is 0 Å².